The number of rotatable bonds is 5. The van der Waals surface area contributed by atoms with Gasteiger partial charge < -0.3 is 5.32 Å². The third-order valence-electron chi connectivity index (χ3n) is 3.57. The van der Waals surface area contributed by atoms with Crippen LogP contribution in [0.25, 0.3) is 0 Å². The smallest absolute Gasteiger partial charge is 0.316 e. The quantitative estimate of drug-likeness (QED) is 0.909. The first-order valence-corrected chi connectivity index (χ1v) is 7.82. The normalized spacial score (nSPS) is 18.0. The van der Waals surface area contributed by atoms with Crippen LogP contribution < -0.4 is 5.32 Å². The maximum absolute atomic E-state index is 12.7. The molecule has 1 fully saturated rings. The maximum Gasteiger partial charge on any atom is 0.501 e. The Balaban J connectivity index is 2.36. The summed E-state index contributed by atoms with van der Waals surface area (Å²) in [6.45, 7) is 0. The summed E-state index contributed by atoms with van der Waals surface area (Å²) < 4.78 is 61.2. The van der Waals surface area contributed by atoms with Crippen molar-refractivity contribution >= 4 is 9.84 Å². The Hall–Kier alpha value is -1.08. The molecule has 7 heteroatoms. The Bertz CT molecular complexity index is 580. The largest absolute Gasteiger partial charge is 0.501 e. The van der Waals surface area contributed by atoms with Crippen molar-refractivity contribution in [2.45, 2.75) is 35.7 Å². The van der Waals surface area contributed by atoms with Crippen LogP contribution in [0.1, 0.15) is 18.4 Å². The van der Waals surface area contributed by atoms with Gasteiger partial charge in [0.1, 0.15) is 0 Å². The molecule has 2 rings (SSSR count). The van der Waals surface area contributed by atoms with E-state index in [0.717, 1.165) is 18.9 Å². The average Bonchev–Trinajstić information content (AvgIpc) is 3.19. The van der Waals surface area contributed by atoms with Gasteiger partial charge in [0.2, 0.25) is 0 Å². The van der Waals surface area contributed by atoms with Crippen LogP contribution in [0, 0.1) is 5.92 Å². The van der Waals surface area contributed by atoms with Gasteiger partial charge in [0.25, 0.3) is 9.84 Å². The van der Waals surface area contributed by atoms with Gasteiger partial charge in [-0.2, -0.15) is 13.2 Å². The number of alkyl halides is 3. The van der Waals surface area contributed by atoms with Crippen LogP contribution in [0.4, 0.5) is 13.2 Å². The van der Waals surface area contributed by atoms with E-state index in [4.69, 9.17) is 0 Å². The molecular weight excluding hydrogens is 291 g/mol. The van der Waals surface area contributed by atoms with Crippen molar-refractivity contribution in [3.8, 4) is 0 Å². The van der Waals surface area contributed by atoms with Crippen molar-refractivity contribution in [1.29, 1.82) is 0 Å². The number of likely N-dealkylation sites (N-methyl/N-ethyl adjacent to an activating group) is 1. The topological polar surface area (TPSA) is 46.2 Å². The predicted octanol–water partition coefficient (Wildman–Crippen LogP) is 2.52. The predicted molar refractivity (Wildman–Crippen MR) is 69.0 cm³/mol. The first-order chi connectivity index (χ1) is 9.27. The van der Waals surface area contributed by atoms with E-state index in [2.05, 4.69) is 5.32 Å². The van der Waals surface area contributed by atoms with E-state index in [0.29, 0.717) is 5.92 Å². The van der Waals surface area contributed by atoms with Gasteiger partial charge in [0, 0.05) is 6.04 Å². The van der Waals surface area contributed by atoms with E-state index < -0.39 is 20.2 Å². The van der Waals surface area contributed by atoms with Crippen molar-refractivity contribution < 1.29 is 21.6 Å². The lowest BCUT2D eigenvalue weighted by atomic mass is 10.0. The zero-order valence-corrected chi connectivity index (χ0v) is 11.8. The number of hydrogen-bond acceptors (Lipinski definition) is 3. The second-order valence-electron chi connectivity index (χ2n) is 4.99. The Kier molecular flexibility index (Phi) is 4.11. The van der Waals surface area contributed by atoms with E-state index in [-0.39, 0.29) is 18.0 Å². The first kappa shape index (κ1) is 15.3. The molecule has 0 spiro atoms. The van der Waals surface area contributed by atoms with Crippen LogP contribution in [0.2, 0.25) is 0 Å². The number of halogens is 3. The summed E-state index contributed by atoms with van der Waals surface area (Å²) in [5.74, 6) is 0.418. The Morgan fingerprint density at radius 2 is 1.90 bits per heavy atom. The van der Waals surface area contributed by atoms with Gasteiger partial charge in [-0.05, 0) is 43.9 Å². The fourth-order valence-electron chi connectivity index (χ4n) is 2.30. The maximum atomic E-state index is 12.7. The highest BCUT2D eigenvalue weighted by atomic mass is 32.2. The highest BCUT2D eigenvalue weighted by molar-refractivity contribution is 7.92. The molecule has 0 amide bonds. The second kappa shape index (κ2) is 5.37. The summed E-state index contributed by atoms with van der Waals surface area (Å²) in [6, 6.07) is 5.36. The van der Waals surface area contributed by atoms with E-state index in [1.807, 2.05) is 0 Å². The molecule has 1 aromatic rings. The zero-order valence-electron chi connectivity index (χ0n) is 10.9. The lowest BCUT2D eigenvalue weighted by molar-refractivity contribution is -0.0436. The summed E-state index contributed by atoms with van der Waals surface area (Å²) in [4.78, 5) is -0.631. The molecule has 0 saturated heterocycles. The van der Waals surface area contributed by atoms with Crippen molar-refractivity contribution in [3.05, 3.63) is 29.8 Å². The number of benzene rings is 1. The van der Waals surface area contributed by atoms with Crippen LogP contribution in [0.15, 0.2) is 29.2 Å². The van der Waals surface area contributed by atoms with E-state index in [1.54, 1.807) is 13.1 Å². The van der Waals surface area contributed by atoms with Crippen molar-refractivity contribution in [2.24, 2.45) is 5.92 Å². The molecular formula is C13H16F3NO2S. The molecule has 1 atom stereocenters. The van der Waals surface area contributed by atoms with Crippen molar-refractivity contribution in [3.63, 3.8) is 0 Å². The summed E-state index contributed by atoms with van der Waals surface area (Å²) in [5, 5.41) is 3.05. The first-order valence-electron chi connectivity index (χ1n) is 6.34. The fourth-order valence-corrected chi connectivity index (χ4v) is 3.30. The van der Waals surface area contributed by atoms with Gasteiger partial charge >= 0.3 is 5.51 Å². The standard InChI is InChI=1S/C13H16F3NO2S/c1-17-11(9-6-7-9)8-10-4-2-3-5-12(10)20(18,19)13(14,15)16/h2-5,9,11,17H,6-8H2,1H3. The van der Waals surface area contributed by atoms with Gasteiger partial charge in [0.15, 0.2) is 0 Å². The zero-order chi connectivity index (χ0) is 15.0. The average molecular weight is 307 g/mol. The van der Waals surface area contributed by atoms with Gasteiger partial charge in [0.05, 0.1) is 4.90 Å². The molecule has 1 aliphatic rings. The Morgan fingerprint density at radius 1 is 1.30 bits per heavy atom. The Labute approximate surface area is 116 Å². The van der Waals surface area contributed by atoms with Gasteiger partial charge in [-0.25, -0.2) is 8.42 Å². The van der Waals surface area contributed by atoms with E-state index in [1.165, 1.54) is 12.1 Å². The minimum absolute atomic E-state index is 0.0135. The minimum atomic E-state index is -5.29. The molecule has 0 aliphatic heterocycles. The monoisotopic (exact) mass is 307 g/mol. The molecule has 1 aliphatic carbocycles. The van der Waals surface area contributed by atoms with Crippen LogP contribution >= 0.6 is 0 Å². The van der Waals surface area contributed by atoms with E-state index >= 15 is 0 Å². The summed E-state index contributed by atoms with van der Waals surface area (Å²) in [6.07, 6.45) is 2.34. The summed E-state index contributed by atoms with van der Waals surface area (Å²) in [7, 11) is -3.55. The molecule has 0 bridgehead atoms. The number of hydrogen-bond donors (Lipinski definition) is 1. The lowest BCUT2D eigenvalue weighted by Gasteiger charge is -2.18. The Morgan fingerprint density at radius 3 is 2.40 bits per heavy atom. The molecule has 1 aromatic carbocycles. The fraction of sp³-hybridized carbons (Fsp3) is 0.538. The molecule has 1 unspecified atom stereocenters. The summed E-state index contributed by atoms with van der Waals surface area (Å²) >= 11 is 0. The SMILES string of the molecule is CNC(Cc1ccccc1S(=O)(=O)C(F)(F)F)C1CC1. The molecule has 20 heavy (non-hydrogen) atoms. The van der Waals surface area contributed by atoms with Crippen molar-refractivity contribution in [2.75, 3.05) is 7.05 Å². The van der Waals surface area contributed by atoms with Gasteiger partial charge in [-0.3, -0.25) is 0 Å². The lowest BCUT2D eigenvalue weighted by Crippen LogP contribution is -2.31. The molecule has 3 nitrogen and oxygen atoms in total. The van der Waals surface area contributed by atoms with Crippen molar-refractivity contribution in [1.82, 2.24) is 5.32 Å². The number of sulfone groups is 1. The van der Waals surface area contributed by atoms with E-state index in [9.17, 15) is 21.6 Å². The third-order valence-corrected chi connectivity index (χ3v) is 5.16. The highest BCUT2D eigenvalue weighted by Crippen LogP contribution is 2.36. The highest BCUT2D eigenvalue weighted by Gasteiger charge is 2.48. The van der Waals surface area contributed by atoms with Crippen LogP contribution in [-0.2, 0) is 16.3 Å². The van der Waals surface area contributed by atoms with Gasteiger partial charge in [-0.15, -0.1) is 0 Å². The van der Waals surface area contributed by atoms with Crippen LogP contribution in [0.3, 0.4) is 0 Å². The molecule has 112 valence electrons. The number of nitrogens with one attached hydrogen (secondary N) is 1. The molecule has 1 saturated carbocycles. The molecule has 0 radical (unpaired) electrons. The van der Waals surface area contributed by atoms with Crippen LogP contribution in [0.5, 0.6) is 0 Å². The minimum Gasteiger partial charge on any atom is -0.316 e. The second-order valence-corrected chi connectivity index (χ2v) is 6.90. The third kappa shape index (κ3) is 2.98. The molecule has 0 aromatic heterocycles. The summed E-state index contributed by atoms with van der Waals surface area (Å²) in [5.41, 5.74) is -5.05. The van der Waals surface area contributed by atoms with Gasteiger partial charge in [-0.1, -0.05) is 18.2 Å². The molecule has 0 heterocycles. The van der Waals surface area contributed by atoms with Crippen LogP contribution in [-0.4, -0.2) is 27.0 Å². The molecule has 1 N–H and O–H groups in total.